The Morgan fingerprint density at radius 1 is 1.26 bits per heavy atom. The van der Waals surface area contributed by atoms with E-state index in [1.807, 2.05) is 32.9 Å². The summed E-state index contributed by atoms with van der Waals surface area (Å²) in [5, 5.41) is 3.01. The van der Waals surface area contributed by atoms with Crippen LogP contribution in [-0.2, 0) is 0 Å². The van der Waals surface area contributed by atoms with Crippen LogP contribution in [-0.4, -0.2) is 29.5 Å². The van der Waals surface area contributed by atoms with Gasteiger partial charge in [-0.25, -0.2) is 4.98 Å². The maximum absolute atomic E-state index is 12.3. The number of hydrogen-bond donors (Lipinski definition) is 1. The quantitative estimate of drug-likeness (QED) is 0.890. The fourth-order valence-corrected chi connectivity index (χ4v) is 2.34. The second-order valence-corrected chi connectivity index (χ2v) is 6.13. The van der Waals surface area contributed by atoms with Crippen molar-refractivity contribution in [3.05, 3.63) is 23.9 Å². The third-order valence-electron chi connectivity index (χ3n) is 3.18. The van der Waals surface area contributed by atoms with E-state index in [0.717, 1.165) is 18.9 Å². The molecular weight excluding hydrogens is 238 g/mol. The third-order valence-corrected chi connectivity index (χ3v) is 3.18. The van der Waals surface area contributed by atoms with Gasteiger partial charge in [-0.15, -0.1) is 0 Å². The first kappa shape index (κ1) is 13.8. The minimum Gasteiger partial charge on any atom is -0.356 e. The van der Waals surface area contributed by atoms with E-state index in [9.17, 15) is 4.79 Å². The summed E-state index contributed by atoms with van der Waals surface area (Å²) >= 11 is 0. The minimum atomic E-state index is -0.230. The second kappa shape index (κ2) is 5.59. The van der Waals surface area contributed by atoms with E-state index in [-0.39, 0.29) is 11.4 Å². The molecule has 4 nitrogen and oxygen atoms in total. The Bertz CT molecular complexity index is 445. The van der Waals surface area contributed by atoms with Gasteiger partial charge in [0.25, 0.3) is 5.91 Å². The molecule has 4 heteroatoms. The summed E-state index contributed by atoms with van der Waals surface area (Å²) in [5.74, 6) is 0.783. The third kappa shape index (κ3) is 3.69. The van der Waals surface area contributed by atoms with E-state index in [2.05, 4.69) is 15.2 Å². The van der Waals surface area contributed by atoms with Crippen molar-refractivity contribution in [2.75, 3.05) is 18.0 Å². The van der Waals surface area contributed by atoms with Gasteiger partial charge in [-0.2, -0.15) is 0 Å². The van der Waals surface area contributed by atoms with Crippen LogP contribution in [0.4, 0.5) is 5.82 Å². The number of rotatable bonds is 2. The van der Waals surface area contributed by atoms with Crippen LogP contribution in [0.15, 0.2) is 18.3 Å². The Hall–Kier alpha value is -1.58. The highest BCUT2D eigenvalue weighted by molar-refractivity contribution is 5.99. The maximum atomic E-state index is 12.3. The van der Waals surface area contributed by atoms with Crippen molar-refractivity contribution in [2.45, 2.75) is 45.6 Å². The Morgan fingerprint density at radius 2 is 1.95 bits per heavy atom. The number of hydrogen-bond acceptors (Lipinski definition) is 3. The second-order valence-electron chi connectivity index (χ2n) is 6.13. The van der Waals surface area contributed by atoms with Gasteiger partial charge in [0.2, 0.25) is 0 Å². The summed E-state index contributed by atoms with van der Waals surface area (Å²) in [4.78, 5) is 19.0. The van der Waals surface area contributed by atoms with E-state index < -0.39 is 0 Å². The van der Waals surface area contributed by atoms with Crippen LogP contribution in [0.2, 0.25) is 0 Å². The lowest BCUT2D eigenvalue weighted by Gasteiger charge is -2.29. The molecule has 0 atom stereocenters. The molecule has 1 amide bonds. The normalized spacial score (nSPS) is 16.3. The lowest BCUT2D eigenvalue weighted by atomic mass is 10.1. The fraction of sp³-hybridized carbons (Fsp3) is 0.600. The summed E-state index contributed by atoms with van der Waals surface area (Å²) in [6.07, 6.45) is 5.39. The molecule has 104 valence electrons. The van der Waals surface area contributed by atoms with Crippen LogP contribution in [0.3, 0.4) is 0 Å². The van der Waals surface area contributed by atoms with Gasteiger partial charge in [-0.1, -0.05) is 0 Å². The first-order valence-corrected chi connectivity index (χ1v) is 7.00. The van der Waals surface area contributed by atoms with Gasteiger partial charge in [0.1, 0.15) is 5.82 Å². The van der Waals surface area contributed by atoms with E-state index in [1.165, 1.54) is 19.3 Å². The summed E-state index contributed by atoms with van der Waals surface area (Å²) in [5.41, 5.74) is 0.450. The van der Waals surface area contributed by atoms with Crippen molar-refractivity contribution in [1.29, 1.82) is 0 Å². The van der Waals surface area contributed by atoms with E-state index in [1.54, 1.807) is 6.20 Å². The van der Waals surface area contributed by atoms with Crippen LogP contribution in [0.25, 0.3) is 0 Å². The zero-order chi connectivity index (χ0) is 13.9. The van der Waals surface area contributed by atoms with Gasteiger partial charge < -0.3 is 10.2 Å². The predicted octanol–water partition coefficient (Wildman–Crippen LogP) is 2.60. The lowest BCUT2D eigenvalue weighted by molar-refractivity contribution is 0.0919. The molecule has 0 aliphatic carbocycles. The van der Waals surface area contributed by atoms with Gasteiger partial charge in [0.05, 0.1) is 5.56 Å². The molecule has 1 fully saturated rings. The largest absolute Gasteiger partial charge is 0.356 e. The number of piperidine rings is 1. The van der Waals surface area contributed by atoms with Crippen LogP contribution in [0.1, 0.15) is 50.4 Å². The highest BCUT2D eigenvalue weighted by Crippen LogP contribution is 2.22. The standard InChI is InChI=1S/C15H23N3O/c1-15(2,3)17-14(19)12-8-7-9-16-13(12)18-10-5-4-6-11-18/h7-9H,4-6,10-11H2,1-3H3,(H,17,19). The highest BCUT2D eigenvalue weighted by atomic mass is 16.1. The number of nitrogens with one attached hydrogen (secondary N) is 1. The smallest absolute Gasteiger partial charge is 0.255 e. The molecule has 1 aromatic heterocycles. The Labute approximate surface area is 115 Å². The summed E-state index contributed by atoms with van der Waals surface area (Å²) in [6.45, 7) is 7.95. The molecule has 0 saturated carbocycles. The molecule has 1 aromatic rings. The van der Waals surface area contributed by atoms with Gasteiger partial charge in [-0.05, 0) is 52.2 Å². The zero-order valence-electron chi connectivity index (χ0n) is 12.1. The van der Waals surface area contributed by atoms with E-state index in [0.29, 0.717) is 5.56 Å². The maximum Gasteiger partial charge on any atom is 0.255 e. The fourth-order valence-electron chi connectivity index (χ4n) is 2.34. The summed E-state index contributed by atoms with van der Waals surface area (Å²) in [7, 11) is 0. The van der Waals surface area contributed by atoms with Crippen LogP contribution in [0, 0.1) is 0 Å². The number of amides is 1. The van der Waals surface area contributed by atoms with Gasteiger partial charge in [0.15, 0.2) is 0 Å². The zero-order valence-corrected chi connectivity index (χ0v) is 12.1. The molecule has 0 aromatic carbocycles. The summed E-state index contributed by atoms with van der Waals surface area (Å²) < 4.78 is 0. The summed E-state index contributed by atoms with van der Waals surface area (Å²) in [6, 6.07) is 3.68. The molecule has 0 unspecified atom stereocenters. The SMILES string of the molecule is CC(C)(C)NC(=O)c1cccnc1N1CCCCC1. The Balaban J connectivity index is 2.22. The molecular formula is C15H23N3O. The van der Waals surface area contributed by atoms with E-state index in [4.69, 9.17) is 0 Å². The van der Waals surface area contributed by atoms with Gasteiger partial charge in [0, 0.05) is 24.8 Å². The van der Waals surface area contributed by atoms with Gasteiger partial charge in [-0.3, -0.25) is 4.79 Å². The highest BCUT2D eigenvalue weighted by Gasteiger charge is 2.22. The van der Waals surface area contributed by atoms with Crippen molar-refractivity contribution in [3.8, 4) is 0 Å². The van der Waals surface area contributed by atoms with Crippen molar-refractivity contribution in [3.63, 3.8) is 0 Å². The van der Waals surface area contributed by atoms with Crippen molar-refractivity contribution < 1.29 is 4.79 Å². The van der Waals surface area contributed by atoms with Crippen molar-refractivity contribution in [2.24, 2.45) is 0 Å². The van der Waals surface area contributed by atoms with Crippen LogP contribution >= 0.6 is 0 Å². The number of carbonyl (C=O) groups is 1. The molecule has 2 rings (SSSR count). The number of carbonyl (C=O) groups excluding carboxylic acids is 1. The number of nitrogens with zero attached hydrogens (tertiary/aromatic N) is 2. The number of anilines is 1. The van der Waals surface area contributed by atoms with Gasteiger partial charge >= 0.3 is 0 Å². The topological polar surface area (TPSA) is 45.2 Å². The molecule has 1 aliphatic rings. The predicted molar refractivity (Wildman–Crippen MR) is 77.5 cm³/mol. The van der Waals surface area contributed by atoms with Crippen LogP contribution in [0.5, 0.6) is 0 Å². The van der Waals surface area contributed by atoms with Crippen molar-refractivity contribution in [1.82, 2.24) is 10.3 Å². The first-order chi connectivity index (χ1) is 8.97. The monoisotopic (exact) mass is 261 g/mol. The Kier molecular flexibility index (Phi) is 4.08. The molecule has 19 heavy (non-hydrogen) atoms. The average molecular weight is 261 g/mol. The molecule has 2 heterocycles. The molecule has 1 aliphatic heterocycles. The average Bonchev–Trinajstić information content (AvgIpc) is 2.38. The number of aromatic nitrogens is 1. The molecule has 1 saturated heterocycles. The molecule has 0 spiro atoms. The number of pyridine rings is 1. The first-order valence-electron chi connectivity index (χ1n) is 7.00. The van der Waals surface area contributed by atoms with Crippen molar-refractivity contribution >= 4 is 11.7 Å². The van der Waals surface area contributed by atoms with Crippen LogP contribution < -0.4 is 10.2 Å². The Morgan fingerprint density at radius 3 is 2.58 bits per heavy atom. The lowest BCUT2D eigenvalue weighted by Crippen LogP contribution is -2.41. The molecule has 1 N–H and O–H groups in total. The minimum absolute atomic E-state index is 0.0406. The molecule has 0 bridgehead atoms. The van der Waals surface area contributed by atoms with E-state index >= 15 is 0 Å². The molecule has 0 radical (unpaired) electrons.